The normalized spacial score (nSPS) is 15.2. The second-order valence-corrected chi connectivity index (χ2v) is 9.36. The number of benzene rings is 1. The zero-order chi connectivity index (χ0) is 19.7. The van der Waals surface area contributed by atoms with Gasteiger partial charge in [-0.25, -0.2) is 23.1 Å². The molecular weight excluding hydrogens is 402 g/mol. The molecule has 0 atom stereocenters. The quantitative estimate of drug-likeness (QED) is 0.644. The fourth-order valence-corrected chi connectivity index (χ4v) is 5.11. The van der Waals surface area contributed by atoms with Crippen molar-refractivity contribution in [2.24, 2.45) is 0 Å². The summed E-state index contributed by atoms with van der Waals surface area (Å²) in [6, 6.07) is 5.48. The molecule has 0 spiro atoms. The monoisotopic (exact) mass is 421 g/mol. The van der Waals surface area contributed by atoms with Crippen molar-refractivity contribution in [2.45, 2.75) is 10.9 Å². The number of rotatable bonds is 5. The summed E-state index contributed by atoms with van der Waals surface area (Å²) in [6.07, 6.45) is 3.27. The molecule has 148 valence electrons. The van der Waals surface area contributed by atoms with Gasteiger partial charge in [-0.1, -0.05) is 6.07 Å². The first kappa shape index (κ1) is 19.0. The molecule has 0 saturated carbocycles. The summed E-state index contributed by atoms with van der Waals surface area (Å²) in [5.41, 5.74) is 1.33. The van der Waals surface area contributed by atoms with Crippen molar-refractivity contribution in [1.29, 1.82) is 0 Å². The number of nitrogens with zero attached hydrogens (tertiary/aromatic N) is 4. The molecule has 1 N–H and O–H groups in total. The summed E-state index contributed by atoms with van der Waals surface area (Å²) in [7, 11) is -2.22. The van der Waals surface area contributed by atoms with Gasteiger partial charge in [0.05, 0.1) is 30.0 Å². The van der Waals surface area contributed by atoms with E-state index in [-0.39, 0.29) is 9.90 Å². The lowest BCUT2D eigenvalue weighted by molar-refractivity contribution is 0.122. The molecule has 1 saturated heterocycles. The first-order chi connectivity index (χ1) is 13.5. The van der Waals surface area contributed by atoms with Gasteiger partial charge in [-0.05, 0) is 24.7 Å². The van der Waals surface area contributed by atoms with Gasteiger partial charge in [0.2, 0.25) is 4.34 Å². The van der Waals surface area contributed by atoms with Gasteiger partial charge in [0.25, 0.3) is 15.6 Å². The van der Waals surface area contributed by atoms with Crippen LogP contribution in [0.15, 0.2) is 39.7 Å². The zero-order valence-electron chi connectivity index (χ0n) is 15.2. The molecule has 0 aliphatic carbocycles. The van der Waals surface area contributed by atoms with Crippen molar-refractivity contribution in [3.05, 3.63) is 46.5 Å². The molecular formula is C17H19N5O4S2. The summed E-state index contributed by atoms with van der Waals surface area (Å²) in [5, 5.41) is 0. The summed E-state index contributed by atoms with van der Waals surface area (Å²) in [6.45, 7) is 2.80. The lowest BCUT2D eigenvalue weighted by Gasteiger charge is -2.27. The highest BCUT2D eigenvalue weighted by Gasteiger charge is 2.19. The number of fused-ring (bicyclic) bond motifs is 1. The molecule has 11 heteroatoms. The highest BCUT2D eigenvalue weighted by atomic mass is 32.2. The first-order valence-electron chi connectivity index (χ1n) is 8.69. The van der Waals surface area contributed by atoms with E-state index in [9.17, 15) is 13.2 Å². The minimum absolute atomic E-state index is 0.0258. The second-order valence-electron chi connectivity index (χ2n) is 6.27. The summed E-state index contributed by atoms with van der Waals surface area (Å²) in [4.78, 5) is 23.2. The van der Waals surface area contributed by atoms with Gasteiger partial charge in [0, 0.05) is 25.5 Å². The second kappa shape index (κ2) is 7.59. The molecule has 28 heavy (non-hydrogen) atoms. The smallest absolute Gasteiger partial charge is 0.293 e. The molecule has 9 nitrogen and oxygen atoms in total. The van der Waals surface area contributed by atoms with E-state index in [1.807, 2.05) is 17.0 Å². The van der Waals surface area contributed by atoms with E-state index in [0.717, 1.165) is 21.6 Å². The van der Waals surface area contributed by atoms with Crippen LogP contribution in [0.4, 0.5) is 5.82 Å². The van der Waals surface area contributed by atoms with Crippen LogP contribution in [0.1, 0.15) is 5.56 Å². The number of sulfonamides is 1. The van der Waals surface area contributed by atoms with Crippen LogP contribution in [0.3, 0.4) is 0 Å². The number of anilines is 1. The third-order valence-electron chi connectivity index (χ3n) is 4.49. The first-order valence-corrected chi connectivity index (χ1v) is 11.0. The predicted octanol–water partition coefficient (Wildman–Crippen LogP) is 0.646. The largest absolute Gasteiger partial charge is 0.378 e. The Morgan fingerprint density at radius 1 is 1.29 bits per heavy atom. The van der Waals surface area contributed by atoms with Crippen molar-refractivity contribution < 1.29 is 13.2 Å². The molecule has 0 amide bonds. The third kappa shape index (κ3) is 3.65. The number of hydrogen-bond acceptors (Lipinski definition) is 8. The van der Waals surface area contributed by atoms with Gasteiger partial charge in [-0.2, -0.15) is 0 Å². The van der Waals surface area contributed by atoms with E-state index < -0.39 is 10.0 Å². The van der Waals surface area contributed by atoms with Crippen LogP contribution in [-0.2, 0) is 21.3 Å². The molecule has 0 radical (unpaired) electrons. The standard InChI is InChI=1S/C17H19N5O4S2/c1-18-28(24,25)17-20-13-3-2-12(10-14(13)27-17)11-22-5-4-19-15(16(22)23)21-6-8-26-9-7-21/h2-5,10,18H,6-9,11H2,1H3. The van der Waals surface area contributed by atoms with Crippen LogP contribution >= 0.6 is 11.3 Å². The van der Waals surface area contributed by atoms with Crippen molar-refractivity contribution in [3.8, 4) is 0 Å². The molecule has 1 aromatic carbocycles. The third-order valence-corrected chi connectivity index (χ3v) is 7.30. The Morgan fingerprint density at radius 3 is 2.82 bits per heavy atom. The van der Waals surface area contributed by atoms with E-state index in [4.69, 9.17) is 4.74 Å². The average Bonchev–Trinajstić information content (AvgIpc) is 3.15. The molecule has 0 bridgehead atoms. The molecule has 2 aromatic heterocycles. The maximum atomic E-state index is 12.8. The van der Waals surface area contributed by atoms with Crippen LogP contribution in [0.5, 0.6) is 0 Å². The lowest BCUT2D eigenvalue weighted by Crippen LogP contribution is -2.41. The number of thiazole rings is 1. The number of aromatic nitrogens is 3. The Bertz CT molecular complexity index is 1170. The molecule has 3 heterocycles. The van der Waals surface area contributed by atoms with Gasteiger partial charge in [0.1, 0.15) is 0 Å². The van der Waals surface area contributed by atoms with E-state index in [1.165, 1.54) is 7.05 Å². The summed E-state index contributed by atoms with van der Waals surface area (Å²) < 4.78 is 33.9. The van der Waals surface area contributed by atoms with Gasteiger partial charge < -0.3 is 14.2 Å². The maximum Gasteiger partial charge on any atom is 0.293 e. The fraction of sp³-hybridized carbons (Fsp3) is 0.353. The highest BCUT2D eigenvalue weighted by molar-refractivity contribution is 7.91. The van der Waals surface area contributed by atoms with Gasteiger partial charge in [-0.3, -0.25) is 4.79 Å². The van der Waals surface area contributed by atoms with Crippen molar-refractivity contribution in [3.63, 3.8) is 0 Å². The zero-order valence-corrected chi connectivity index (χ0v) is 16.8. The van der Waals surface area contributed by atoms with Gasteiger partial charge >= 0.3 is 0 Å². The van der Waals surface area contributed by atoms with Crippen molar-refractivity contribution in [2.75, 3.05) is 38.3 Å². The molecule has 0 unspecified atom stereocenters. The number of morpholine rings is 1. The van der Waals surface area contributed by atoms with Gasteiger partial charge in [-0.15, -0.1) is 11.3 Å². The minimum Gasteiger partial charge on any atom is -0.378 e. The van der Waals surface area contributed by atoms with Crippen molar-refractivity contribution in [1.82, 2.24) is 19.3 Å². The maximum absolute atomic E-state index is 12.8. The fourth-order valence-electron chi connectivity index (χ4n) is 3.00. The minimum atomic E-state index is -3.58. The van der Waals surface area contributed by atoms with E-state index >= 15 is 0 Å². The topological polar surface area (TPSA) is 106 Å². The predicted molar refractivity (Wildman–Crippen MR) is 106 cm³/mol. The van der Waals surface area contributed by atoms with E-state index in [1.54, 1.807) is 23.0 Å². The van der Waals surface area contributed by atoms with Crippen LogP contribution < -0.4 is 15.2 Å². The Balaban J connectivity index is 1.64. The summed E-state index contributed by atoms with van der Waals surface area (Å²) in [5.74, 6) is 0.423. The number of nitrogens with one attached hydrogen (secondary N) is 1. The molecule has 4 rings (SSSR count). The van der Waals surface area contributed by atoms with Crippen LogP contribution in [0.2, 0.25) is 0 Å². The SMILES string of the molecule is CNS(=O)(=O)c1nc2ccc(Cn3ccnc(N4CCOCC4)c3=O)cc2s1. The lowest BCUT2D eigenvalue weighted by atomic mass is 10.2. The Labute approximate surface area is 165 Å². The molecule has 1 aliphatic rings. The molecule has 3 aromatic rings. The average molecular weight is 422 g/mol. The Kier molecular flexibility index (Phi) is 5.15. The van der Waals surface area contributed by atoms with Gasteiger partial charge in [0.15, 0.2) is 5.82 Å². The highest BCUT2D eigenvalue weighted by Crippen LogP contribution is 2.26. The van der Waals surface area contributed by atoms with Crippen LogP contribution in [0, 0.1) is 0 Å². The summed E-state index contributed by atoms with van der Waals surface area (Å²) >= 11 is 1.10. The Morgan fingerprint density at radius 2 is 2.07 bits per heavy atom. The number of ether oxygens (including phenoxy) is 1. The Hall–Kier alpha value is -2.34. The van der Waals surface area contributed by atoms with Crippen LogP contribution in [0.25, 0.3) is 10.2 Å². The molecule has 1 fully saturated rings. The van der Waals surface area contributed by atoms with E-state index in [0.29, 0.717) is 44.2 Å². The van der Waals surface area contributed by atoms with Crippen LogP contribution in [-0.4, -0.2) is 56.3 Å². The number of hydrogen-bond donors (Lipinski definition) is 1. The van der Waals surface area contributed by atoms with E-state index in [2.05, 4.69) is 14.7 Å². The van der Waals surface area contributed by atoms with Crippen molar-refractivity contribution >= 4 is 37.4 Å². The molecule has 1 aliphatic heterocycles.